The van der Waals surface area contributed by atoms with Crippen molar-refractivity contribution in [1.29, 1.82) is 0 Å². The predicted molar refractivity (Wildman–Crippen MR) is 81.3 cm³/mol. The lowest BCUT2D eigenvalue weighted by atomic mass is 9.46. The van der Waals surface area contributed by atoms with E-state index >= 15 is 0 Å². The lowest BCUT2D eigenvalue weighted by Crippen LogP contribution is -2.52. The number of hydrogen-bond donors (Lipinski definition) is 0. The van der Waals surface area contributed by atoms with E-state index in [4.69, 9.17) is 0 Å². The second-order valence-corrected chi connectivity index (χ2v) is 8.45. The van der Waals surface area contributed by atoms with Crippen LogP contribution >= 0.6 is 0 Å². The highest BCUT2D eigenvalue weighted by Gasteiger charge is 2.59. The van der Waals surface area contributed by atoms with Crippen molar-refractivity contribution in [2.45, 2.75) is 65.2 Å². The molecule has 0 saturated heterocycles. The summed E-state index contributed by atoms with van der Waals surface area (Å²) in [6.07, 6.45) is 14.9. The van der Waals surface area contributed by atoms with Crippen LogP contribution in [0.15, 0.2) is 12.2 Å². The summed E-state index contributed by atoms with van der Waals surface area (Å²) in [7, 11) is 0. The van der Waals surface area contributed by atoms with Crippen LogP contribution in [0.4, 0.5) is 0 Å². The average molecular weight is 272 g/mol. The van der Waals surface area contributed by atoms with Crippen LogP contribution in [-0.4, -0.2) is 5.78 Å². The van der Waals surface area contributed by atoms with Gasteiger partial charge in [-0.1, -0.05) is 26.0 Å². The number of Topliss-reactive ketones (excluding diaryl/α,β-unsaturated/α-hetero) is 1. The van der Waals surface area contributed by atoms with Crippen molar-refractivity contribution in [2.75, 3.05) is 0 Å². The molecule has 0 aromatic rings. The third kappa shape index (κ3) is 1.53. The minimum Gasteiger partial charge on any atom is -0.299 e. The van der Waals surface area contributed by atoms with Gasteiger partial charge >= 0.3 is 0 Å². The molecule has 20 heavy (non-hydrogen) atoms. The Labute approximate surface area is 123 Å². The van der Waals surface area contributed by atoms with E-state index in [1.54, 1.807) is 0 Å². The Morgan fingerprint density at radius 2 is 1.90 bits per heavy atom. The van der Waals surface area contributed by atoms with E-state index in [0.717, 1.165) is 24.2 Å². The predicted octanol–water partition coefficient (Wildman–Crippen LogP) is 4.76. The second kappa shape index (κ2) is 4.21. The molecular weight excluding hydrogens is 244 g/mol. The van der Waals surface area contributed by atoms with Gasteiger partial charge in [0.1, 0.15) is 5.78 Å². The highest BCUT2D eigenvalue weighted by molar-refractivity contribution is 5.87. The number of ketones is 1. The summed E-state index contributed by atoms with van der Waals surface area (Å²) in [5.74, 6) is 3.83. The molecule has 0 N–H and O–H groups in total. The van der Waals surface area contributed by atoms with Crippen LogP contribution in [0.25, 0.3) is 0 Å². The zero-order valence-corrected chi connectivity index (χ0v) is 13.0. The smallest absolute Gasteiger partial charge is 0.139 e. The van der Waals surface area contributed by atoms with Gasteiger partial charge in [-0.15, -0.1) is 0 Å². The molecule has 4 aliphatic carbocycles. The Kier molecular flexibility index (Phi) is 2.76. The Balaban J connectivity index is 1.68. The molecule has 0 unspecified atom stereocenters. The fourth-order valence-corrected chi connectivity index (χ4v) is 6.60. The maximum atomic E-state index is 12.4. The number of fused-ring (bicyclic) bond motifs is 5. The van der Waals surface area contributed by atoms with E-state index in [1.807, 2.05) is 0 Å². The summed E-state index contributed by atoms with van der Waals surface area (Å²) in [5.41, 5.74) is 0.583. The molecule has 0 aliphatic heterocycles. The highest BCUT2D eigenvalue weighted by atomic mass is 16.1. The van der Waals surface area contributed by atoms with Crippen LogP contribution < -0.4 is 0 Å². The minimum absolute atomic E-state index is 0.0505. The molecule has 1 heteroatoms. The van der Waals surface area contributed by atoms with Crippen LogP contribution in [0.5, 0.6) is 0 Å². The standard InChI is InChI=1S/C19H28O/c1-18-11-4-3-5-13(18)6-7-14-15-8-9-17(20)19(15,2)12-10-16(14)18/h3,5,13-16H,4,6-12H2,1-2H3/t13-,14-,15-,16-,18-,19-/m0/s1. The molecule has 6 atom stereocenters. The van der Waals surface area contributed by atoms with Crippen molar-refractivity contribution in [3.63, 3.8) is 0 Å². The third-order valence-electron chi connectivity index (χ3n) is 7.87. The van der Waals surface area contributed by atoms with Gasteiger partial charge in [0.2, 0.25) is 0 Å². The summed E-state index contributed by atoms with van der Waals surface area (Å²) < 4.78 is 0. The zero-order valence-electron chi connectivity index (χ0n) is 13.0. The van der Waals surface area contributed by atoms with Gasteiger partial charge in [0.15, 0.2) is 0 Å². The Morgan fingerprint density at radius 3 is 2.75 bits per heavy atom. The lowest BCUT2D eigenvalue weighted by molar-refractivity contribution is -0.135. The van der Waals surface area contributed by atoms with Crippen molar-refractivity contribution in [3.05, 3.63) is 12.2 Å². The first-order chi connectivity index (χ1) is 9.56. The van der Waals surface area contributed by atoms with Crippen molar-refractivity contribution < 1.29 is 4.79 Å². The van der Waals surface area contributed by atoms with E-state index in [9.17, 15) is 4.79 Å². The number of rotatable bonds is 0. The first-order valence-corrected chi connectivity index (χ1v) is 8.76. The molecule has 110 valence electrons. The van der Waals surface area contributed by atoms with Crippen LogP contribution in [-0.2, 0) is 4.79 Å². The Morgan fingerprint density at radius 1 is 1.05 bits per heavy atom. The van der Waals surface area contributed by atoms with E-state index in [-0.39, 0.29) is 5.41 Å². The molecule has 0 bridgehead atoms. The molecule has 4 rings (SSSR count). The van der Waals surface area contributed by atoms with E-state index < -0.39 is 0 Å². The summed E-state index contributed by atoms with van der Waals surface area (Å²) in [4.78, 5) is 12.4. The van der Waals surface area contributed by atoms with Crippen molar-refractivity contribution in [3.8, 4) is 0 Å². The molecule has 0 aromatic heterocycles. The number of carbonyl (C=O) groups is 1. The zero-order chi connectivity index (χ0) is 14.0. The molecule has 0 amide bonds. The van der Waals surface area contributed by atoms with Gasteiger partial charge in [0, 0.05) is 11.8 Å². The van der Waals surface area contributed by atoms with Gasteiger partial charge in [0.05, 0.1) is 0 Å². The van der Waals surface area contributed by atoms with Crippen LogP contribution in [0, 0.1) is 34.5 Å². The summed E-state index contributed by atoms with van der Waals surface area (Å²) in [6.45, 7) is 4.86. The van der Waals surface area contributed by atoms with Crippen LogP contribution in [0.1, 0.15) is 65.2 Å². The lowest BCUT2D eigenvalue weighted by Gasteiger charge is -2.58. The molecular formula is C19H28O. The van der Waals surface area contributed by atoms with Gasteiger partial charge in [-0.2, -0.15) is 0 Å². The molecule has 0 spiro atoms. The molecule has 0 aromatic carbocycles. The average Bonchev–Trinajstić information content (AvgIpc) is 2.74. The van der Waals surface area contributed by atoms with Gasteiger partial charge in [0.25, 0.3) is 0 Å². The monoisotopic (exact) mass is 272 g/mol. The van der Waals surface area contributed by atoms with Crippen molar-refractivity contribution >= 4 is 5.78 Å². The Hall–Kier alpha value is -0.590. The maximum absolute atomic E-state index is 12.4. The molecule has 4 aliphatic rings. The van der Waals surface area contributed by atoms with Gasteiger partial charge in [-0.05, 0) is 74.0 Å². The first kappa shape index (κ1) is 13.1. The number of hydrogen-bond acceptors (Lipinski definition) is 1. The normalized spacial score (nSPS) is 54.2. The maximum Gasteiger partial charge on any atom is 0.139 e. The topological polar surface area (TPSA) is 17.1 Å². The molecule has 3 fully saturated rings. The first-order valence-electron chi connectivity index (χ1n) is 8.76. The minimum atomic E-state index is 0.0505. The van der Waals surface area contributed by atoms with Crippen molar-refractivity contribution in [2.24, 2.45) is 34.5 Å². The largest absolute Gasteiger partial charge is 0.299 e. The van der Waals surface area contributed by atoms with Gasteiger partial charge in [-0.25, -0.2) is 0 Å². The quantitative estimate of drug-likeness (QED) is 0.581. The highest BCUT2D eigenvalue weighted by Crippen LogP contribution is 2.64. The summed E-state index contributed by atoms with van der Waals surface area (Å²) >= 11 is 0. The second-order valence-electron chi connectivity index (χ2n) is 8.45. The van der Waals surface area contributed by atoms with Crippen molar-refractivity contribution in [1.82, 2.24) is 0 Å². The number of allylic oxidation sites excluding steroid dienone is 2. The Bertz CT molecular complexity index is 464. The fraction of sp³-hybridized carbons (Fsp3) is 0.842. The van der Waals surface area contributed by atoms with Gasteiger partial charge < -0.3 is 0 Å². The molecule has 1 nitrogen and oxygen atoms in total. The molecule has 0 radical (unpaired) electrons. The molecule has 0 heterocycles. The van der Waals surface area contributed by atoms with E-state index in [0.29, 0.717) is 17.1 Å². The number of carbonyl (C=O) groups excluding carboxylic acids is 1. The van der Waals surface area contributed by atoms with Crippen LogP contribution in [0.2, 0.25) is 0 Å². The summed E-state index contributed by atoms with van der Waals surface area (Å²) in [5, 5.41) is 0. The fourth-order valence-electron chi connectivity index (χ4n) is 6.60. The van der Waals surface area contributed by atoms with Crippen LogP contribution in [0.3, 0.4) is 0 Å². The third-order valence-corrected chi connectivity index (χ3v) is 7.87. The van der Waals surface area contributed by atoms with E-state index in [1.165, 1.54) is 44.9 Å². The van der Waals surface area contributed by atoms with E-state index in [2.05, 4.69) is 26.0 Å². The van der Waals surface area contributed by atoms with Gasteiger partial charge in [-0.3, -0.25) is 4.79 Å². The molecule has 3 saturated carbocycles. The SMILES string of the molecule is C[C@]12CCC=C[C@H]1CC[C@@H]1[C@@H]2CC[C@]2(C)C(=O)CC[C@@H]12. The summed E-state index contributed by atoms with van der Waals surface area (Å²) in [6, 6.07) is 0.